The molecule has 1 unspecified atom stereocenters. The summed E-state index contributed by atoms with van der Waals surface area (Å²) in [4.78, 5) is 0. The number of rotatable bonds is 2. The molecule has 0 saturated heterocycles. The second-order valence-electron chi connectivity index (χ2n) is 2.10. The van der Waals surface area contributed by atoms with Gasteiger partial charge in [0.2, 0.25) is 0 Å². The molecule has 3 N–H and O–H groups in total. The minimum atomic E-state index is -3.97. The number of nitrogens with one attached hydrogen (secondary N) is 1. The standard InChI is InChI=1S/C3H8O4S.C2H7N.Na.H/c1-3(4)2-8(5,6)7;1-3-2;;/h3-4H,2H2,1H3,(H,5,6,7);3H,1-2H3;;/q;;+1;-1. The third kappa shape index (κ3) is 30.8. The molecule has 0 rings (SSSR count). The third-order valence-electron chi connectivity index (χ3n) is 0.452. The van der Waals surface area contributed by atoms with Gasteiger partial charge in [0.15, 0.2) is 0 Å². The molecule has 0 saturated carbocycles. The van der Waals surface area contributed by atoms with Gasteiger partial charge in [0.1, 0.15) is 5.75 Å². The van der Waals surface area contributed by atoms with Crippen molar-refractivity contribution in [3.05, 3.63) is 0 Å². The van der Waals surface area contributed by atoms with Crippen molar-refractivity contribution in [3.8, 4) is 0 Å². The molecule has 0 bridgehead atoms. The Hall–Kier alpha value is 0.830. The zero-order valence-electron chi connectivity index (χ0n) is 8.90. The summed E-state index contributed by atoms with van der Waals surface area (Å²) >= 11 is 0. The Morgan fingerprint density at radius 3 is 1.75 bits per heavy atom. The molecule has 0 spiro atoms. The Balaban J connectivity index is -0.0000000720. The van der Waals surface area contributed by atoms with Gasteiger partial charge in [0.05, 0.1) is 6.10 Å². The third-order valence-corrected chi connectivity index (χ3v) is 1.36. The van der Waals surface area contributed by atoms with E-state index in [4.69, 9.17) is 9.66 Å². The molecule has 0 heterocycles. The van der Waals surface area contributed by atoms with Crippen LogP contribution in [0.15, 0.2) is 0 Å². The van der Waals surface area contributed by atoms with E-state index in [2.05, 4.69) is 5.32 Å². The van der Waals surface area contributed by atoms with Crippen LogP contribution in [0.4, 0.5) is 0 Å². The molecule has 5 nitrogen and oxygen atoms in total. The fraction of sp³-hybridized carbons (Fsp3) is 1.00. The van der Waals surface area contributed by atoms with Crippen LogP contribution in [0.2, 0.25) is 0 Å². The van der Waals surface area contributed by atoms with E-state index in [0.29, 0.717) is 0 Å². The zero-order chi connectivity index (χ0) is 9.49. The smallest absolute Gasteiger partial charge is 1.00 e. The molecule has 0 aromatic rings. The van der Waals surface area contributed by atoms with E-state index in [0.717, 1.165) is 0 Å². The van der Waals surface area contributed by atoms with Gasteiger partial charge in [-0.1, -0.05) is 0 Å². The largest absolute Gasteiger partial charge is 1.00 e. The van der Waals surface area contributed by atoms with Crippen LogP contribution in [-0.2, 0) is 10.1 Å². The van der Waals surface area contributed by atoms with E-state index in [1.54, 1.807) is 0 Å². The Kier molecular flexibility index (Phi) is 15.4. The summed E-state index contributed by atoms with van der Waals surface area (Å²) in [6, 6.07) is 0. The first-order valence-corrected chi connectivity index (χ1v) is 4.66. The Morgan fingerprint density at radius 1 is 1.50 bits per heavy atom. The predicted molar refractivity (Wildman–Crippen MR) is 44.2 cm³/mol. The molecule has 0 aliphatic carbocycles. The van der Waals surface area contributed by atoms with Crippen LogP contribution in [0.3, 0.4) is 0 Å². The molecule has 1 atom stereocenters. The van der Waals surface area contributed by atoms with Crippen molar-refractivity contribution in [2.24, 2.45) is 0 Å². The van der Waals surface area contributed by atoms with Crippen molar-refractivity contribution in [1.82, 2.24) is 5.32 Å². The van der Waals surface area contributed by atoms with Gasteiger partial charge in [-0.2, -0.15) is 8.42 Å². The molecule has 0 fully saturated rings. The van der Waals surface area contributed by atoms with Gasteiger partial charge < -0.3 is 11.8 Å². The van der Waals surface area contributed by atoms with E-state index in [1.165, 1.54) is 6.92 Å². The van der Waals surface area contributed by atoms with Crippen LogP contribution in [0.5, 0.6) is 0 Å². The molecule has 0 aromatic carbocycles. The topological polar surface area (TPSA) is 86.6 Å². The summed E-state index contributed by atoms with van der Waals surface area (Å²) < 4.78 is 27.7. The first kappa shape index (κ1) is 18.6. The maximum atomic E-state index is 9.84. The van der Waals surface area contributed by atoms with Gasteiger partial charge in [-0.25, -0.2) is 0 Å². The number of aliphatic hydroxyl groups excluding tert-OH is 1. The summed E-state index contributed by atoms with van der Waals surface area (Å²) in [6.45, 7) is 1.29. The van der Waals surface area contributed by atoms with Crippen molar-refractivity contribution in [1.29, 1.82) is 0 Å². The van der Waals surface area contributed by atoms with E-state index in [9.17, 15) is 8.42 Å². The Labute approximate surface area is 97.1 Å². The van der Waals surface area contributed by atoms with Gasteiger partial charge in [0, 0.05) is 0 Å². The van der Waals surface area contributed by atoms with Crippen LogP contribution in [0.1, 0.15) is 8.35 Å². The van der Waals surface area contributed by atoms with Crippen molar-refractivity contribution < 1.29 is 49.1 Å². The van der Waals surface area contributed by atoms with E-state index in [-0.39, 0.29) is 31.0 Å². The maximum absolute atomic E-state index is 9.84. The van der Waals surface area contributed by atoms with Gasteiger partial charge in [-0.15, -0.1) is 0 Å². The minimum Gasteiger partial charge on any atom is -1.00 e. The van der Waals surface area contributed by atoms with Gasteiger partial charge in [-0.05, 0) is 21.0 Å². The fourth-order valence-corrected chi connectivity index (χ4v) is 0.914. The molecule has 0 aliphatic rings. The van der Waals surface area contributed by atoms with E-state index < -0.39 is 22.0 Å². The first-order chi connectivity index (χ1) is 4.83. The van der Waals surface area contributed by atoms with Crippen LogP contribution < -0.4 is 34.9 Å². The molecule has 0 aromatic heterocycles. The summed E-state index contributed by atoms with van der Waals surface area (Å²) in [6.07, 6.45) is -0.995. The van der Waals surface area contributed by atoms with Crippen LogP contribution in [-0.4, -0.2) is 44.0 Å². The molecule has 0 amide bonds. The zero-order valence-corrected chi connectivity index (χ0v) is 10.7. The maximum Gasteiger partial charge on any atom is 1.00 e. The van der Waals surface area contributed by atoms with Crippen LogP contribution >= 0.6 is 0 Å². The van der Waals surface area contributed by atoms with Crippen LogP contribution in [0, 0.1) is 0 Å². The summed E-state index contributed by atoms with van der Waals surface area (Å²) in [5.74, 6) is -0.590. The summed E-state index contributed by atoms with van der Waals surface area (Å²) in [5.41, 5.74) is 0. The number of aliphatic hydroxyl groups is 1. The summed E-state index contributed by atoms with van der Waals surface area (Å²) in [7, 11) is -0.223. The minimum absolute atomic E-state index is 0. The Morgan fingerprint density at radius 2 is 1.75 bits per heavy atom. The molecule has 0 radical (unpaired) electrons. The van der Waals surface area contributed by atoms with Crippen molar-refractivity contribution in [2.75, 3.05) is 19.8 Å². The van der Waals surface area contributed by atoms with Crippen molar-refractivity contribution in [2.45, 2.75) is 13.0 Å². The molecule has 0 aliphatic heterocycles. The van der Waals surface area contributed by atoms with Crippen molar-refractivity contribution in [3.63, 3.8) is 0 Å². The molecule has 7 heteroatoms. The average Bonchev–Trinajstić information content (AvgIpc) is 1.57. The average molecular weight is 209 g/mol. The summed E-state index contributed by atoms with van der Waals surface area (Å²) in [5, 5.41) is 11.1. The number of hydrogen-bond acceptors (Lipinski definition) is 4. The fourth-order valence-electron chi connectivity index (χ4n) is 0.305. The van der Waals surface area contributed by atoms with E-state index in [1.807, 2.05) is 14.1 Å². The van der Waals surface area contributed by atoms with Gasteiger partial charge in [-0.3, -0.25) is 4.55 Å². The molecular weight excluding hydrogens is 193 g/mol. The van der Waals surface area contributed by atoms with Crippen molar-refractivity contribution >= 4 is 10.1 Å². The second-order valence-corrected chi connectivity index (χ2v) is 3.59. The molecule has 72 valence electrons. The normalized spacial score (nSPS) is 12.1. The van der Waals surface area contributed by atoms with Crippen LogP contribution in [0.25, 0.3) is 0 Å². The predicted octanol–water partition coefficient (Wildman–Crippen LogP) is -3.79. The molecule has 12 heavy (non-hydrogen) atoms. The first-order valence-electron chi connectivity index (χ1n) is 3.05. The molecular formula is C5H16NNaO4S. The Bertz CT molecular complexity index is 173. The SMILES string of the molecule is CC(O)CS(=O)(=O)O.CNC.[H-].[Na+]. The second kappa shape index (κ2) is 9.91. The van der Waals surface area contributed by atoms with Gasteiger partial charge >= 0.3 is 29.6 Å². The number of hydrogen-bond donors (Lipinski definition) is 3. The van der Waals surface area contributed by atoms with E-state index >= 15 is 0 Å². The van der Waals surface area contributed by atoms with Gasteiger partial charge in [0.25, 0.3) is 10.1 Å². The quantitative estimate of drug-likeness (QED) is 0.321. The monoisotopic (exact) mass is 209 g/mol.